The fourth-order valence-corrected chi connectivity index (χ4v) is 3.46. The lowest BCUT2D eigenvalue weighted by molar-refractivity contribution is -0.148. The number of esters is 1. The highest BCUT2D eigenvalue weighted by Crippen LogP contribution is 2.30. The van der Waals surface area contributed by atoms with Crippen LogP contribution in [-0.2, 0) is 20.8 Å². The third-order valence-electron chi connectivity index (χ3n) is 4.63. The normalized spacial score (nSPS) is 12.0. The van der Waals surface area contributed by atoms with Crippen molar-refractivity contribution in [1.82, 2.24) is 9.13 Å². The first-order chi connectivity index (χ1) is 13.5. The zero-order valence-corrected chi connectivity index (χ0v) is 18.4. The number of benzene rings is 1. The highest BCUT2D eigenvalue weighted by molar-refractivity contribution is 5.90. The van der Waals surface area contributed by atoms with Gasteiger partial charge in [-0.1, -0.05) is 26.0 Å². The summed E-state index contributed by atoms with van der Waals surface area (Å²) in [5.74, 6) is -0.329. The van der Waals surface area contributed by atoms with Crippen molar-refractivity contribution in [3.8, 4) is 0 Å². The summed E-state index contributed by atoms with van der Waals surface area (Å²) < 4.78 is 13.0. The highest BCUT2D eigenvalue weighted by atomic mass is 16.6. The molecule has 160 valence electrons. The maximum Gasteiger partial charge on any atom is 0.423 e. The van der Waals surface area contributed by atoms with Gasteiger partial charge in [-0.25, -0.2) is 9.59 Å². The molecule has 0 unspecified atom stereocenters. The number of fused-ring (bicyclic) bond motifs is 1. The first-order valence-electron chi connectivity index (χ1n) is 10.2. The van der Waals surface area contributed by atoms with Crippen LogP contribution >= 0.6 is 0 Å². The molecule has 0 fully saturated rings. The van der Waals surface area contributed by atoms with Crippen LogP contribution in [0.3, 0.4) is 0 Å². The molecule has 0 amide bonds. The van der Waals surface area contributed by atoms with E-state index in [1.165, 1.54) is 4.57 Å². The average Bonchev–Trinajstić information content (AvgIpc) is 2.86. The summed E-state index contributed by atoms with van der Waals surface area (Å²) >= 11 is 0. The summed E-state index contributed by atoms with van der Waals surface area (Å²) in [6, 6.07) is 5.48. The number of carbonyl (C=O) groups is 2. The van der Waals surface area contributed by atoms with Gasteiger partial charge < -0.3 is 9.47 Å². The van der Waals surface area contributed by atoms with Crippen molar-refractivity contribution < 1.29 is 19.1 Å². The molecule has 0 atom stereocenters. The van der Waals surface area contributed by atoms with Crippen LogP contribution in [0.4, 0.5) is 4.79 Å². The summed E-state index contributed by atoms with van der Waals surface area (Å²) in [7, 11) is 0. The van der Waals surface area contributed by atoms with Gasteiger partial charge in [-0.3, -0.25) is 9.36 Å². The van der Waals surface area contributed by atoms with E-state index in [1.54, 1.807) is 40.7 Å². The van der Waals surface area contributed by atoms with Gasteiger partial charge in [0, 0.05) is 0 Å². The Morgan fingerprint density at radius 1 is 1.10 bits per heavy atom. The number of hydrogen-bond donors (Lipinski definition) is 0. The van der Waals surface area contributed by atoms with Crippen molar-refractivity contribution in [2.75, 3.05) is 0 Å². The van der Waals surface area contributed by atoms with Gasteiger partial charge in [0.2, 0.25) is 0 Å². The Hall–Kier alpha value is -2.57. The van der Waals surface area contributed by atoms with Gasteiger partial charge in [0.05, 0.1) is 17.1 Å². The second-order valence-electron chi connectivity index (χ2n) is 8.45. The van der Waals surface area contributed by atoms with E-state index >= 15 is 0 Å². The average molecular weight is 405 g/mol. The van der Waals surface area contributed by atoms with Crippen molar-refractivity contribution in [3.05, 3.63) is 34.2 Å². The van der Waals surface area contributed by atoms with E-state index in [4.69, 9.17) is 9.47 Å². The number of aromatic nitrogens is 2. The molecule has 0 bridgehead atoms. The van der Waals surface area contributed by atoms with Crippen molar-refractivity contribution in [3.63, 3.8) is 0 Å². The first kappa shape index (κ1) is 22.7. The molecule has 7 heteroatoms. The number of carbonyl (C=O) groups excluding carboxylic acids is 2. The summed E-state index contributed by atoms with van der Waals surface area (Å²) in [4.78, 5) is 38.3. The van der Waals surface area contributed by atoms with Gasteiger partial charge >= 0.3 is 17.8 Å². The summed E-state index contributed by atoms with van der Waals surface area (Å²) in [5.41, 5.74) is 0.593. The van der Waals surface area contributed by atoms with E-state index in [0.717, 1.165) is 23.0 Å². The first-order valence-corrected chi connectivity index (χ1v) is 10.2. The number of ether oxygens (including phenoxy) is 2. The standard InChI is InChI=1S/C22H32N2O5/c1-8-15(9-2)16-11-10-12-17-19(16)23(13-18(25)28-14(3)4)20(26)24(17)21(27)29-22(5,6)7/h10-12,14-15H,8-9,13H2,1-7H3. The molecule has 0 saturated heterocycles. The fourth-order valence-electron chi connectivity index (χ4n) is 3.46. The second kappa shape index (κ2) is 8.84. The monoisotopic (exact) mass is 404 g/mol. The van der Waals surface area contributed by atoms with E-state index in [-0.39, 0.29) is 18.6 Å². The quantitative estimate of drug-likeness (QED) is 0.665. The minimum absolute atomic E-state index is 0.194. The van der Waals surface area contributed by atoms with Crippen LogP contribution in [0.5, 0.6) is 0 Å². The predicted octanol–water partition coefficient (Wildman–Crippen LogP) is 4.44. The minimum Gasteiger partial charge on any atom is -0.462 e. The predicted molar refractivity (Wildman–Crippen MR) is 112 cm³/mol. The molecule has 1 heterocycles. The lowest BCUT2D eigenvalue weighted by Crippen LogP contribution is -2.35. The van der Waals surface area contributed by atoms with Crippen LogP contribution in [0.1, 0.15) is 72.8 Å². The van der Waals surface area contributed by atoms with Crippen molar-refractivity contribution >= 4 is 23.1 Å². The summed E-state index contributed by atoms with van der Waals surface area (Å²) in [6.45, 7) is 12.6. The number of rotatable bonds is 6. The zero-order valence-electron chi connectivity index (χ0n) is 18.4. The molecule has 0 saturated carbocycles. The van der Waals surface area contributed by atoms with E-state index in [2.05, 4.69) is 13.8 Å². The molecule has 2 aromatic rings. The molecule has 7 nitrogen and oxygen atoms in total. The molecule has 1 aromatic heterocycles. The van der Waals surface area contributed by atoms with E-state index in [0.29, 0.717) is 11.0 Å². The van der Waals surface area contributed by atoms with Gasteiger partial charge in [0.1, 0.15) is 12.1 Å². The van der Waals surface area contributed by atoms with E-state index in [9.17, 15) is 14.4 Å². The van der Waals surface area contributed by atoms with Crippen molar-refractivity contribution in [1.29, 1.82) is 0 Å². The molecule has 0 N–H and O–H groups in total. The molecule has 0 aliphatic carbocycles. The SMILES string of the molecule is CCC(CC)c1cccc2c1n(CC(=O)OC(C)C)c(=O)n2C(=O)OC(C)(C)C. The number of imidazole rings is 1. The Bertz CT molecular complexity index is 942. The van der Waals surface area contributed by atoms with E-state index < -0.39 is 23.4 Å². The minimum atomic E-state index is -0.759. The fraction of sp³-hybridized carbons (Fsp3) is 0.591. The van der Waals surface area contributed by atoms with Crippen LogP contribution in [0.2, 0.25) is 0 Å². The smallest absolute Gasteiger partial charge is 0.423 e. The van der Waals surface area contributed by atoms with Crippen LogP contribution in [0.25, 0.3) is 11.0 Å². The molecular weight excluding hydrogens is 372 g/mol. The molecule has 0 aliphatic rings. The summed E-state index contributed by atoms with van der Waals surface area (Å²) in [5, 5.41) is 0. The summed E-state index contributed by atoms with van der Waals surface area (Å²) in [6.07, 6.45) is 0.691. The lowest BCUT2D eigenvalue weighted by atomic mass is 9.93. The van der Waals surface area contributed by atoms with Crippen LogP contribution in [0, 0.1) is 0 Å². The van der Waals surface area contributed by atoms with Crippen LogP contribution in [-0.4, -0.2) is 32.9 Å². The Morgan fingerprint density at radius 3 is 2.24 bits per heavy atom. The molecule has 0 radical (unpaired) electrons. The third kappa shape index (κ3) is 5.08. The topological polar surface area (TPSA) is 79.5 Å². The Morgan fingerprint density at radius 2 is 1.72 bits per heavy atom. The van der Waals surface area contributed by atoms with Crippen molar-refractivity contribution in [2.45, 2.75) is 85.5 Å². The lowest BCUT2D eigenvalue weighted by Gasteiger charge is -2.19. The van der Waals surface area contributed by atoms with Gasteiger partial charge in [-0.15, -0.1) is 0 Å². The van der Waals surface area contributed by atoms with Gasteiger partial charge in [-0.2, -0.15) is 4.57 Å². The van der Waals surface area contributed by atoms with Gasteiger partial charge in [0.25, 0.3) is 0 Å². The van der Waals surface area contributed by atoms with E-state index in [1.807, 2.05) is 12.1 Å². The van der Waals surface area contributed by atoms with Crippen LogP contribution in [0.15, 0.2) is 23.0 Å². The Labute approximate surface area is 171 Å². The third-order valence-corrected chi connectivity index (χ3v) is 4.63. The molecule has 0 spiro atoms. The molecule has 2 rings (SSSR count). The molecule has 0 aliphatic heterocycles. The number of hydrogen-bond acceptors (Lipinski definition) is 5. The molecular formula is C22H32N2O5. The van der Waals surface area contributed by atoms with Gasteiger partial charge in [-0.05, 0) is 65.0 Å². The maximum absolute atomic E-state index is 13.2. The zero-order chi connectivity index (χ0) is 21.9. The second-order valence-corrected chi connectivity index (χ2v) is 8.45. The maximum atomic E-state index is 13.2. The number of para-hydroxylation sites is 1. The van der Waals surface area contributed by atoms with Crippen molar-refractivity contribution in [2.24, 2.45) is 0 Å². The Kier molecular flexibility index (Phi) is 6.93. The highest BCUT2D eigenvalue weighted by Gasteiger charge is 2.27. The number of nitrogens with zero attached hydrogens (tertiary/aromatic N) is 2. The Balaban J connectivity index is 2.74. The van der Waals surface area contributed by atoms with Crippen LogP contribution < -0.4 is 5.69 Å². The van der Waals surface area contributed by atoms with Gasteiger partial charge in [0.15, 0.2) is 0 Å². The molecule has 29 heavy (non-hydrogen) atoms. The largest absolute Gasteiger partial charge is 0.462 e. The molecule has 1 aromatic carbocycles.